The van der Waals surface area contributed by atoms with Crippen molar-refractivity contribution in [2.24, 2.45) is 0 Å². The molecule has 1 heterocycles. The number of fused-ring (bicyclic) bond motifs is 2. The average molecular weight is 507 g/mol. The normalized spacial score (nSPS) is 20.2. The van der Waals surface area contributed by atoms with Gasteiger partial charge in [-0.1, -0.05) is 41.5 Å². The van der Waals surface area contributed by atoms with Gasteiger partial charge >= 0.3 is 8.56 Å². The van der Waals surface area contributed by atoms with E-state index in [1.54, 1.807) is 7.11 Å². The Hall–Kier alpha value is -1.57. The van der Waals surface area contributed by atoms with Crippen LogP contribution in [0, 0.1) is 6.92 Å². The van der Waals surface area contributed by atoms with Crippen molar-refractivity contribution in [1.82, 2.24) is 0 Å². The number of carbonyl (C=O) groups is 1. The Morgan fingerprint density at radius 2 is 1.71 bits per heavy atom. The van der Waals surface area contributed by atoms with Crippen molar-refractivity contribution in [3.05, 3.63) is 27.2 Å². The molecule has 168 valence electrons. The van der Waals surface area contributed by atoms with Crippen LogP contribution in [0.4, 0.5) is 0 Å². The van der Waals surface area contributed by atoms with Gasteiger partial charge in [-0.15, -0.1) is 0 Å². The Kier molecular flexibility index (Phi) is 5.08. The fourth-order valence-corrected chi connectivity index (χ4v) is 10.3. The van der Waals surface area contributed by atoms with Crippen LogP contribution in [0.1, 0.15) is 69.4 Å². The third-order valence-corrected chi connectivity index (χ3v) is 12.5. The van der Waals surface area contributed by atoms with E-state index in [1.165, 1.54) is 0 Å². The van der Waals surface area contributed by atoms with Crippen LogP contribution in [-0.4, -0.2) is 32.7 Å². The van der Waals surface area contributed by atoms with Gasteiger partial charge in [-0.25, -0.2) is 0 Å². The second-order valence-corrected chi connectivity index (χ2v) is 16.1. The molecule has 0 bridgehead atoms. The highest BCUT2D eigenvalue weighted by atomic mass is 79.9. The summed E-state index contributed by atoms with van der Waals surface area (Å²) in [5.41, 5.74) is 2.30. The van der Waals surface area contributed by atoms with E-state index in [0.717, 1.165) is 26.4 Å². The maximum absolute atomic E-state index is 13.3. The zero-order valence-electron chi connectivity index (χ0n) is 19.5. The molecule has 2 aliphatic rings. The standard InChI is InChI=1S/C24H31BrO5Si/c1-12-11-14-17-21(16-13(20(14)28-8)9-10-15(26)19(16)27)29-31(23(2,3)4,24(5,6)7)30-22(17)18(12)25/h11,15,26H,9-10H2,1-8H3. The number of Topliss-reactive ketones (excluding diaryl/α,β-unsaturated/α-hetero) is 1. The van der Waals surface area contributed by atoms with Crippen molar-refractivity contribution in [3.63, 3.8) is 0 Å². The zero-order chi connectivity index (χ0) is 23.1. The number of rotatable bonds is 1. The number of benzene rings is 2. The molecule has 7 heteroatoms. The molecule has 0 saturated carbocycles. The molecule has 2 aromatic carbocycles. The number of halogens is 1. The van der Waals surface area contributed by atoms with E-state index >= 15 is 0 Å². The van der Waals surface area contributed by atoms with E-state index in [4.69, 9.17) is 13.6 Å². The Balaban J connectivity index is 2.21. The third-order valence-electron chi connectivity index (χ3n) is 6.56. The SMILES string of the molecule is COc1c2c(c3c4c(c(Br)c(C)cc14)O[Si](C(C)(C)C)(C(C)(C)C)O3)C(=O)C(O)CC2. The molecule has 0 aromatic heterocycles. The molecule has 0 spiro atoms. The van der Waals surface area contributed by atoms with Gasteiger partial charge in [0, 0.05) is 21.0 Å². The van der Waals surface area contributed by atoms with Crippen LogP contribution in [0.15, 0.2) is 10.5 Å². The van der Waals surface area contributed by atoms with Crippen LogP contribution in [0.2, 0.25) is 10.1 Å². The minimum absolute atomic E-state index is 0.290. The highest BCUT2D eigenvalue weighted by Crippen LogP contribution is 2.60. The zero-order valence-corrected chi connectivity index (χ0v) is 22.1. The molecule has 4 rings (SSSR count). The van der Waals surface area contributed by atoms with E-state index in [2.05, 4.69) is 63.5 Å². The summed E-state index contributed by atoms with van der Waals surface area (Å²) < 4.78 is 20.5. The number of ketones is 1. The van der Waals surface area contributed by atoms with E-state index in [1.807, 2.05) is 6.92 Å². The number of aliphatic hydroxyl groups is 1. The first-order valence-electron chi connectivity index (χ1n) is 10.7. The summed E-state index contributed by atoms with van der Waals surface area (Å²) in [6, 6.07) is 2.05. The van der Waals surface area contributed by atoms with Crippen LogP contribution >= 0.6 is 15.9 Å². The van der Waals surface area contributed by atoms with Crippen LogP contribution in [0.3, 0.4) is 0 Å². The summed E-state index contributed by atoms with van der Waals surface area (Å²) in [6.07, 6.45) is -0.0922. The minimum Gasteiger partial charge on any atom is -0.510 e. The van der Waals surface area contributed by atoms with Crippen molar-refractivity contribution >= 4 is 41.0 Å². The molecule has 2 aromatic rings. The predicted octanol–water partition coefficient (Wildman–Crippen LogP) is 6.22. The van der Waals surface area contributed by atoms with Gasteiger partial charge in [-0.3, -0.25) is 4.79 Å². The lowest BCUT2D eigenvalue weighted by molar-refractivity contribution is 0.0708. The van der Waals surface area contributed by atoms with Gasteiger partial charge < -0.3 is 18.7 Å². The van der Waals surface area contributed by atoms with E-state index < -0.39 is 14.7 Å². The van der Waals surface area contributed by atoms with Crippen LogP contribution in [-0.2, 0) is 6.42 Å². The molecule has 5 nitrogen and oxygen atoms in total. The first-order chi connectivity index (χ1) is 14.2. The molecule has 1 aliphatic carbocycles. The molecule has 31 heavy (non-hydrogen) atoms. The van der Waals surface area contributed by atoms with Gasteiger partial charge in [-0.05, 0) is 47.3 Å². The second kappa shape index (κ2) is 6.96. The van der Waals surface area contributed by atoms with E-state index in [9.17, 15) is 9.90 Å². The topological polar surface area (TPSA) is 65.0 Å². The second-order valence-electron chi connectivity index (χ2n) is 10.7. The summed E-state index contributed by atoms with van der Waals surface area (Å²) in [5.74, 6) is 1.63. The van der Waals surface area contributed by atoms with Gasteiger partial charge in [0.15, 0.2) is 5.78 Å². The molecular weight excluding hydrogens is 476 g/mol. The maximum Gasteiger partial charge on any atom is 0.471 e. The molecule has 1 aliphatic heterocycles. The summed E-state index contributed by atoms with van der Waals surface area (Å²) >= 11 is 3.75. The summed E-state index contributed by atoms with van der Waals surface area (Å²) in [7, 11) is -1.39. The molecule has 0 amide bonds. The average Bonchev–Trinajstić information content (AvgIpc) is 2.66. The molecule has 1 atom stereocenters. The van der Waals surface area contributed by atoms with Gasteiger partial charge in [0.2, 0.25) is 0 Å². The van der Waals surface area contributed by atoms with Crippen molar-refractivity contribution < 1.29 is 23.5 Å². The smallest absolute Gasteiger partial charge is 0.471 e. The van der Waals surface area contributed by atoms with E-state index in [0.29, 0.717) is 35.7 Å². The third kappa shape index (κ3) is 2.99. The number of aryl methyl sites for hydroxylation is 1. The minimum atomic E-state index is -3.01. The lowest BCUT2D eigenvalue weighted by atomic mass is 9.84. The maximum atomic E-state index is 13.3. The van der Waals surface area contributed by atoms with Crippen molar-refractivity contribution in [1.29, 1.82) is 0 Å². The number of hydrogen-bond donors (Lipinski definition) is 1. The Labute approximate surface area is 193 Å². The molecule has 0 saturated heterocycles. The van der Waals surface area contributed by atoms with Gasteiger partial charge in [-0.2, -0.15) is 0 Å². The predicted molar refractivity (Wildman–Crippen MR) is 128 cm³/mol. The summed E-state index contributed by atoms with van der Waals surface area (Å²) in [4.78, 5) is 13.3. The Morgan fingerprint density at radius 1 is 1.13 bits per heavy atom. The molecular formula is C24H31BrO5Si. The molecule has 1 unspecified atom stereocenters. The van der Waals surface area contributed by atoms with E-state index in [-0.39, 0.29) is 15.9 Å². The Morgan fingerprint density at radius 3 is 2.26 bits per heavy atom. The van der Waals surface area contributed by atoms with Crippen molar-refractivity contribution in [3.8, 4) is 17.2 Å². The quantitative estimate of drug-likeness (QED) is 0.464. The number of aliphatic hydroxyl groups excluding tert-OH is 1. The Bertz CT molecular complexity index is 1100. The van der Waals surface area contributed by atoms with Crippen LogP contribution in [0.5, 0.6) is 17.2 Å². The lowest BCUT2D eigenvalue weighted by Crippen LogP contribution is -2.63. The number of ether oxygens (including phenoxy) is 1. The first kappa shape index (κ1) is 22.6. The molecule has 0 fully saturated rings. The van der Waals surface area contributed by atoms with Gasteiger partial charge in [0.05, 0.1) is 22.5 Å². The number of carbonyl (C=O) groups excluding carboxylic acids is 1. The monoisotopic (exact) mass is 506 g/mol. The highest BCUT2D eigenvalue weighted by Gasteiger charge is 2.64. The largest absolute Gasteiger partial charge is 0.510 e. The van der Waals surface area contributed by atoms with Crippen LogP contribution < -0.4 is 13.6 Å². The number of methoxy groups -OCH3 is 1. The number of hydrogen-bond acceptors (Lipinski definition) is 5. The summed E-state index contributed by atoms with van der Waals surface area (Å²) in [5, 5.41) is 11.5. The fraction of sp³-hybridized carbons (Fsp3) is 0.542. The molecule has 0 radical (unpaired) electrons. The van der Waals surface area contributed by atoms with Crippen molar-refractivity contribution in [2.75, 3.05) is 7.11 Å². The first-order valence-corrected chi connectivity index (χ1v) is 13.3. The van der Waals surface area contributed by atoms with Crippen LogP contribution in [0.25, 0.3) is 10.8 Å². The lowest BCUT2D eigenvalue weighted by Gasteiger charge is -2.51. The highest BCUT2D eigenvalue weighted by molar-refractivity contribution is 9.10. The van der Waals surface area contributed by atoms with Gasteiger partial charge in [0.25, 0.3) is 0 Å². The summed E-state index contributed by atoms with van der Waals surface area (Å²) in [6.45, 7) is 14.9. The van der Waals surface area contributed by atoms with Crippen molar-refractivity contribution in [2.45, 2.75) is 77.5 Å². The van der Waals surface area contributed by atoms with Gasteiger partial charge in [0.1, 0.15) is 23.4 Å². The fourth-order valence-electron chi connectivity index (χ4n) is 5.26. The molecule has 1 N–H and O–H groups in total.